The molecule has 2 rings (SSSR count). The van der Waals surface area contributed by atoms with E-state index in [-0.39, 0.29) is 0 Å². The molecular weight excluding hydrogens is 222 g/mol. The standard InChI is InChI=1S/C15H25N3/c1-3-18(2)11-10-16-12-14-7-4-6-13-8-5-9-17-15(13)14/h4,6-7,16-17H,3,5,8-12H2,1-2H3. The number of hydrogen-bond acceptors (Lipinski definition) is 3. The number of benzene rings is 1. The van der Waals surface area contributed by atoms with E-state index in [1.54, 1.807) is 0 Å². The molecule has 0 unspecified atom stereocenters. The van der Waals surface area contributed by atoms with E-state index < -0.39 is 0 Å². The lowest BCUT2D eigenvalue weighted by Gasteiger charge is -2.21. The van der Waals surface area contributed by atoms with Crippen LogP contribution in [-0.4, -0.2) is 38.1 Å². The average molecular weight is 247 g/mol. The van der Waals surface area contributed by atoms with Gasteiger partial charge in [-0.25, -0.2) is 0 Å². The Bertz CT molecular complexity index is 376. The van der Waals surface area contributed by atoms with Crippen LogP contribution in [0.5, 0.6) is 0 Å². The van der Waals surface area contributed by atoms with E-state index in [2.05, 4.69) is 47.7 Å². The number of rotatable bonds is 6. The summed E-state index contributed by atoms with van der Waals surface area (Å²) in [5.74, 6) is 0. The van der Waals surface area contributed by atoms with Gasteiger partial charge in [-0.15, -0.1) is 0 Å². The molecule has 0 atom stereocenters. The number of anilines is 1. The van der Waals surface area contributed by atoms with Gasteiger partial charge in [0.05, 0.1) is 0 Å². The van der Waals surface area contributed by atoms with Crippen LogP contribution in [0.25, 0.3) is 0 Å². The van der Waals surface area contributed by atoms with Crippen LogP contribution < -0.4 is 10.6 Å². The summed E-state index contributed by atoms with van der Waals surface area (Å²) in [6.07, 6.45) is 2.47. The number of aryl methyl sites for hydroxylation is 1. The molecule has 0 saturated heterocycles. The third kappa shape index (κ3) is 3.47. The third-order valence-corrected chi connectivity index (χ3v) is 3.69. The Labute approximate surface area is 111 Å². The molecule has 1 aliphatic heterocycles. The van der Waals surface area contributed by atoms with E-state index in [9.17, 15) is 0 Å². The fourth-order valence-corrected chi connectivity index (χ4v) is 2.38. The van der Waals surface area contributed by atoms with Crippen LogP contribution in [-0.2, 0) is 13.0 Å². The van der Waals surface area contributed by atoms with Crippen LogP contribution >= 0.6 is 0 Å². The largest absolute Gasteiger partial charge is 0.385 e. The predicted octanol–water partition coefficient (Wildman–Crippen LogP) is 2.09. The molecule has 0 spiro atoms. The minimum atomic E-state index is 0.966. The molecule has 0 aliphatic carbocycles. The van der Waals surface area contributed by atoms with Crippen molar-refractivity contribution in [2.75, 3.05) is 38.5 Å². The Morgan fingerprint density at radius 2 is 2.28 bits per heavy atom. The van der Waals surface area contributed by atoms with Crippen molar-refractivity contribution < 1.29 is 0 Å². The monoisotopic (exact) mass is 247 g/mol. The molecule has 0 radical (unpaired) electrons. The molecule has 3 nitrogen and oxygen atoms in total. The Hall–Kier alpha value is -1.06. The minimum Gasteiger partial charge on any atom is -0.385 e. The summed E-state index contributed by atoms with van der Waals surface area (Å²) in [5, 5.41) is 7.08. The van der Waals surface area contributed by atoms with Crippen LogP contribution in [0.3, 0.4) is 0 Å². The minimum absolute atomic E-state index is 0.966. The molecule has 1 aromatic rings. The van der Waals surface area contributed by atoms with Gasteiger partial charge in [-0.1, -0.05) is 25.1 Å². The summed E-state index contributed by atoms with van der Waals surface area (Å²) in [5.41, 5.74) is 4.26. The Morgan fingerprint density at radius 1 is 1.39 bits per heavy atom. The van der Waals surface area contributed by atoms with Crippen molar-refractivity contribution in [2.24, 2.45) is 0 Å². The van der Waals surface area contributed by atoms with Crippen LogP contribution in [0.4, 0.5) is 5.69 Å². The summed E-state index contributed by atoms with van der Waals surface area (Å²) in [7, 11) is 2.16. The molecule has 0 saturated carbocycles. The topological polar surface area (TPSA) is 27.3 Å². The molecule has 1 heterocycles. The molecule has 0 amide bonds. The second kappa shape index (κ2) is 6.76. The van der Waals surface area contributed by atoms with E-state index in [0.29, 0.717) is 0 Å². The quantitative estimate of drug-likeness (QED) is 0.754. The molecule has 1 aliphatic rings. The molecule has 18 heavy (non-hydrogen) atoms. The normalized spacial score (nSPS) is 14.4. The van der Waals surface area contributed by atoms with Gasteiger partial charge < -0.3 is 15.5 Å². The Kier molecular flexibility index (Phi) is 5.02. The van der Waals surface area contributed by atoms with Crippen molar-refractivity contribution in [3.63, 3.8) is 0 Å². The zero-order valence-electron chi connectivity index (χ0n) is 11.6. The zero-order chi connectivity index (χ0) is 12.8. The Morgan fingerprint density at radius 3 is 3.11 bits per heavy atom. The van der Waals surface area contributed by atoms with Gasteiger partial charge in [0, 0.05) is 31.9 Å². The second-order valence-corrected chi connectivity index (χ2v) is 5.05. The molecule has 2 N–H and O–H groups in total. The number of para-hydroxylation sites is 1. The first-order valence-electron chi connectivity index (χ1n) is 7.05. The van der Waals surface area contributed by atoms with Crippen molar-refractivity contribution in [2.45, 2.75) is 26.3 Å². The maximum Gasteiger partial charge on any atom is 0.0418 e. The van der Waals surface area contributed by atoms with Crippen molar-refractivity contribution >= 4 is 5.69 Å². The fraction of sp³-hybridized carbons (Fsp3) is 0.600. The van der Waals surface area contributed by atoms with Crippen LogP contribution in [0, 0.1) is 0 Å². The van der Waals surface area contributed by atoms with Gasteiger partial charge in [-0.3, -0.25) is 0 Å². The average Bonchev–Trinajstić information content (AvgIpc) is 2.43. The third-order valence-electron chi connectivity index (χ3n) is 3.69. The fourth-order valence-electron chi connectivity index (χ4n) is 2.38. The van der Waals surface area contributed by atoms with Gasteiger partial charge >= 0.3 is 0 Å². The molecular formula is C15H25N3. The first-order valence-corrected chi connectivity index (χ1v) is 7.05. The summed E-state index contributed by atoms with van der Waals surface area (Å²) in [6.45, 7) is 7.55. The number of nitrogens with one attached hydrogen (secondary N) is 2. The number of fused-ring (bicyclic) bond motifs is 1. The number of hydrogen-bond donors (Lipinski definition) is 2. The van der Waals surface area contributed by atoms with Crippen LogP contribution in [0.15, 0.2) is 18.2 Å². The molecule has 100 valence electrons. The van der Waals surface area contributed by atoms with E-state index in [1.807, 2.05) is 0 Å². The van der Waals surface area contributed by atoms with Gasteiger partial charge in [-0.2, -0.15) is 0 Å². The first kappa shape index (κ1) is 13.4. The lowest BCUT2D eigenvalue weighted by molar-refractivity contribution is 0.349. The van der Waals surface area contributed by atoms with E-state index in [1.165, 1.54) is 29.7 Å². The van der Waals surface area contributed by atoms with Gasteiger partial charge in [-0.05, 0) is 37.6 Å². The van der Waals surface area contributed by atoms with Gasteiger partial charge in [0.25, 0.3) is 0 Å². The van der Waals surface area contributed by atoms with Crippen molar-refractivity contribution in [1.29, 1.82) is 0 Å². The number of likely N-dealkylation sites (N-methyl/N-ethyl adjacent to an activating group) is 1. The summed E-state index contributed by atoms with van der Waals surface area (Å²) in [4.78, 5) is 2.33. The molecule has 3 heteroatoms. The van der Waals surface area contributed by atoms with E-state index >= 15 is 0 Å². The molecule has 0 bridgehead atoms. The van der Waals surface area contributed by atoms with Crippen LogP contribution in [0.2, 0.25) is 0 Å². The maximum absolute atomic E-state index is 3.54. The van der Waals surface area contributed by atoms with Gasteiger partial charge in [0.15, 0.2) is 0 Å². The highest BCUT2D eigenvalue weighted by Gasteiger charge is 2.11. The summed E-state index contributed by atoms with van der Waals surface area (Å²) < 4.78 is 0. The first-order chi connectivity index (χ1) is 8.81. The smallest absolute Gasteiger partial charge is 0.0418 e. The number of nitrogens with zero attached hydrogens (tertiary/aromatic N) is 1. The molecule has 0 fully saturated rings. The van der Waals surface area contributed by atoms with Crippen molar-refractivity contribution in [1.82, 2.24) is 10.2 Å². The Balaban J connectivity index is 1.86. The highest BCUT2D eigenvalue weighted by atomic mass is 15.1. The summed E-state index contributed by atoms with van der Waals surface area (Å²) >= 11 is 0. The van der Waals surface area contributed by atoms with Gasteiger partial charge in [0.2, 0.25) is 0 Å². The van der Waals surface area contributed by atoms with Gasteiger partial charge in [0.1, 0.15) is 0 Å². The predicted molar refractivity (Wildman–Crippen MR) is 78.1 cm³/mol. The highest BCUT2D eigenvalue weighted by Crippen LogP contribution is 2.25. The van der Waals surface area contributed by atoms with E-state index in [0.717, 1.165) is 32.7 Å². The lowest BCUT2D eigenvalue weighted by atomic mass is 9.99. The lowest BCUT2D eigenvalue weighted by Crippen LogP contribution is -2.29. The SMILES string of the molecule is CCN(C)CCNCc1cccc2c1NCCC2. The zero-order valence-corrected chi connectivity index (χ0v) is 11.6. The highest BCUT2D eigenvalue weighted by molar-refractivity contribution is 5.59. The molecule has 1 aromatic carbocycles. The molecule has 0 aromatic heterocycles. The summed E-state index contributed by atoms with van der Waals surface area (Å²) in [6, 6.07) is 6.66. The van der Waals surface area contributed by atoms with E-state index in [4.69, 9.17) is 0 Å². The second-order valence-electron chi connectivity index (χ2n) is 5.05. The van der Waals surface area contributed by atoms with Crippen molar-refractivity contribution in [3.8, 4) is 0 Å². The van der Waals surface area contributed by atoms with Crippen molar-refractivity contribution in [3.05, 3.63) is 29.3 Å². The maximum atomic E-state index is 3.54. The van der Waals surface area contributed by atoms with Crippen LogP contribution in [0.1, 0.15) is 24.5 Å².